The Kier molecular flexibility index (Phi) is 9.58. The first-order valence-corrected chi connectivity index (χ1v) is 6.38. The van der Waals surface area contributed by atoms with E-state index in [1.807, 2.05) is 0 Å². The summed E-state index contributed by atoms with van der Waals surface area (Å²) in [6.45, 7) is 0.483. The van der Waals surface area contributed by atoms with Gasteiger partial charge >= 0.3 is 0 Å². The number of anilines is 1. The summed E-state index contributed by atoms with van der Waals surface area (Å²) in [5.74, 6) is 1.06. The average Bonchev–Trinajstić information content (AvgIpc) is 2.40. The maximum atomic E-state index is 8.72. The second-order valence-electron chi connectivity index (χ2n) is 4.52. The smallest absolute Gasteiger partial charge is 0.226 e. The Hall–Kier alpha value is -0.820. The van der Waals surface area contributed by atoms with Crippen molar-refractivity contribution < 1.29 is 9.84 Å². The van der Waals surface area contributed by atoms with Crippen LogP contribution in [0.1, 0.15) is 25.7 Å². The molecule has 1 fully saturated rings. The topological polar surface area (TPSA) is 93.3 Å². The van der Waals surface area contributed by atoms with Crippen molar-refractivity contribution in [2.24, 2.45) is 5.73 Å². The predicted octanol–water partition coefficient (Wildman–Crippen LogP) is 1.37. The quantitative estimate of drug-likeness (QED) is 0.757. The largest absolute Gasteiger partial charge is 0.474 e. The summed E-state index contributed by atoms with van der Waals surface area (Å²) in [7, 11) is 0. The van der Waals surface area contributed by atoms with E-state index in [9.17, 15) is 0 Å². The molecule has 0 atom stereocenters. The van der Waals surface area contributed by atoms with Gasteiger partial charge in [0.05, 0.1) is 6.61 Å². The van der Waals surface area contributed by atoms with Crippen LogP contribution < -0.4 is 15.8 Å². The van der Waals surface area contributed by atoms with E-state index >= 15 is 0 Å². The van der Waals surface area contributed by atoms with Crippen LogP contribution in [0.5, 0.6) is 5.88 Å². The molecule has 0 saturated heterocycles. The first-order chi connectivity index (χ1) is 8.78. The summed E-state index contributed by atoms with van der Waals surface area (Å²) < 4.78 is 5.82. The van der Waals surface area contributed by atoms with E-state index in [2.05, 4.69) is 15.3 Å². The molecule has 1 aromatic rings. The van der Waals surface area contributed by atoms with Gasteiger partial charge in [0, 0.05) is 24.8 Å². The molecule has 0 radical (unpaired) electrons. The number of aliphatic hydroxyl groups is 1. The lowest BCUT2D eigenvalue weighted by Gasteiger charge is -2.26. The van der Waals surface area contributed by atoms with Crippen LogP contribution in [0.15, 0.2) is 12.3 Å². The Morgan fingerprint density at radius 2 is 2.00 bits per heavy atom. The minimum atomic E-state index is 0. The highest BCUT2D eigenvalue weighted by atomic mass is 35.5. The van der Waals surface area contributed by atoms with Crippen molar-refractivity contribution in [3.63, 3.8) is 0 Å². The van der Waals surface area contributed by atoms with Gasteiger partial charge in [-0.1, -0.05) is 0 Å². The van der Waals surface area contributed by atoms with Crippen molar-refractivity contribution in [2.75, 3.05) is 18.5 Å². The Bertz CT molecular complexity index is 376. The lowest BCUT2D eigenvalue weighted by Crippen LogP contribution is -2.31. The molecule has 8 heteroatoms. The van der Waals surface area contributed by atoms with Crippen LogP contribution in [-0.4, -0.2) is 40.4 Å². The third-order valence-electron chi connectivity index (χ3n) is 3.03. The van der Waals surface area contributed by atoms with Gasteiger partial charge in [0.25, 0.3) is 0 Å². The molecule has 1 aliphatic rings. The van der Waals surface area contributed by atoms with E-state index in [0.717, 1.165) is 25.7 Å². The number of hydrogen-bond acceptors (Lipinski definition) is 6. The van der Waals surface area contributed by atoms with Crippen molar-refractivity contribution in [3.05, 3.63) is 12.3 Å². The zero-order valence-electron chi connectivity index (χ0n) is 11.2. The highest BCUT2D eigenvalue weighted by Crippen LogP contribution is 2.22. The maximum absolute atomic E-state index is 8.72. The zero-order valence-corrected chi connectivity index (χ0v) is 12.8. The summed E-state index contributed by atoms with van der Waals surface area (Å²) in [5.41, 5.74) is 5.85. The Morgan fingerprint density at radius 1 is 1.30 bits per heavy atom. The molecule has 0 aromatic carbocycles. The molecular formula is C12H22Cl2N4O2. The lowest BCUT2D eigenvalue weighted by atomic mass is 9.94. The zero-order chi connectivity index (χ0) is 12.8. The van der Waals surface area contributed by atoms with Crippen molar-refractivity contribution >= 4 is 30.8 Å². The number of ether oxygens (including phenoxy) is 1. The molecule has 1 aliphatic carbocycles. The number of nitrogens with two attached hydrogens (primary N) is 1. The molecule has 6 nitrogen and oxygen atoms in total. The molecule has 0 spiro atoms. The fourth-order valence-electron chi connectivity index (χ4n) is 2.04. The summed E-state index contributed by atoms with van der Waals surface area (Å²) in [4.78, 5) is 8.29. The van der Waals surface area contributed by atoms with Gasteiger partial charge in [0.2, 0.25) is 11.8 Å². The second-order valence-corrected chi connectivity index (χ2v) is 4.52. The van der Waals surface area contributed by atoms with Crippen LogP contribution in [-0.2, 0) is 0 Å². The van der Waals surface area contributed by atoms with Crippen molar-refractivity contribution in [1.82, 2.24) is 9.97 Å². The predicted molar refractivity (Wildman–Crippen MR) is 83.0 cm³/mol. The minimum absolute atomic E-state index is 0. The van der Waals surface area contributed by atoms with Gasteiger partial charge in [0.15, 0.2) is 0 Å². The van der Waals surface area contributed by atoms with Gasteiger partial charge in [-0.2, -0.15) is 4.98 Å². The van der Waals surface area contributed by atoms with Crippen LogP contribution in [0.3, 0.4) is 0 Å². The number of halogens is 2. The first kappa shape index (κ1) is 19.2. The van der Waals surface area contributed by atoms with E-state index in [4.69, 9.17) is 15.6 Å². The minimum Gasteiger partial charge on any atom is -0.474 e. The fraction of sp³-hybridized carbons (Fsp3) is 0.667. The molecule has 116 valence electrons. The summed E-state index contributed by atoms with van der Waals surface area (Å²) in [5, 5.41) is 11.6. The van der Waals surface area contributed by atoms with Crippen LogP contribution in [0.25, 0.3) is 0 Å². The van der Waals surface area contributed by atoms with Gasteiger partial charge in [0.1, 0.15) is 6.10 Å². The van der Waals surface area contributed by atoms with Crippen LogP contribution in [0.4, 0.5) is 5.95 Å². The molecule has 2 rings (SSSR count). The van der Waals surface area contributed by atoms with Crippen molar-refractivity contribution in [3.8, 4) is 5.88 Å². The van der Waals surface area contributed by atoms with Crippen LogP contribution in [0.2, 0.25) is 0 Å². The second kappa shape index (κ2) is 9.99. The van der Waals surface area contributed by atoms with Gasteiger partial charge in [-0.3, -0.25) is 0 Å². The highest BCUT2D eigenvalue weighted by Gasteiger charge is 2.20. The van der Waals surface area contributed by atoms with E-state index < -0.39 is 0 Å². The van der Waals surface area contributed by atoms with Gasteiger partial charge in [-0.05, 0) is 25.7 Å². The molecule has 20 heavy (non-hydrogen) atoms. The number of aliphatic hydroxyl groups excluding tert-OH is 1. The molecule has 1 saturated carbocycles. The molecule has 4 N–H and O–H groups in total. The first-order valence-electron chi connectivity index (χ1n) is 6.38. The number of rotatable bonds is 5. The SMILES string of the molecule is Cl.Cl.NC1CCC(Oc2ccnc(NCCO)n2)CC1. The summed E-state index contributed by atoms with van der Waals surface area (Å²) >= 11 is 0. The molecule has 1 heterocycles. The maximum Gasteiger partial charge on any atom is 0.226 e. The van der Waals surface area contributed by atoms with E-state index in [1.165, 1.54) is 0 Å². The van der Waals surface area contributed by atoms with E-state index in [0.29, 0.717) is 24.4 Å². The normalized spacial score (nSPS) is 21.3. The monoisotopic (exact) mass is 324 g/mol. The highest BCUT2D eigenvalue weighted by molar-refractivity contribution is 5.85. The van der Waals surface area contributed by atoms with Gasteiger partial charge in [-0.15, -0.1) is 24.8 Å². The Labute approximate surface area is 131 Å². The summed E-state index contributed by atoms with van der Waals surface area (Å²) in [6, 6.07) is 2.07. The van der Waals surface area contributed by atoms with Crippen LogP contribution in [0, 0.1) is 0 Å². The standard InChI is InChI=1S/C12H20N4O2.2ClH/c13-9-1-3-10(4-2-9)18-11-5-6-14-12(16-11)15-7-8-17;;/h5-6,9-10,17H,1-4,7-8,13H2,(H,14,15,16);2*1H. The third-order valence-corrected chi connectivity index (χ3v) is 3.03. The molecule has 0 aliphatic heterocycles. The van der Waals surface area contributed by atoms with E-state index in [1.54, 1.807) is 12.3 Å². The number of nitrogens with zero attached hydrogens (tertiary/aromatic N) is 2. The molecule has 1 aromatic heterocycles. The Morgan fingerprint density at radius 3 is 2.65 bits per heavy atom. The van der Waals surface area contributed by atoms with E-state index in [-0.39, 0.29) is 37.5 Å². The third kappa shape index (κ3) is 6.09. The van der Waals surface area contributed by atoms with Crippen molar-refractivity contribution in [1.29, 1.82) is 0 Å². The average molecular weight is 325 g/mol. The number of aromatic nitrogens is 2. The summed E-state index contributed by atoms with van der Waals surface area (Å²) in [6.07, 6.45) is 5.81. The number of nitrogens with one attached hydrogen (secondary N) is 1. The molecule has 0 amide bonds. The molecule has 0 bridgehead atoms. The fourth-order valence-corrected chi connectivity index (χ4v) is 2.04. The van der Waals surface area contributed by atoms with Crippen LogP contribution >= 0.6 is 24.8 Å². The van der Waals surface area contributed by atoms with Crippen molar-refractivity contribution in [2.45, 2.75) is 37.8 Å². The number of hydrogen-bond donors (Lipinski definition) is 3. The molecule has 0 unspecified atom stereocenters. The van der Waals surface area contributed by atoms with Gasteiger partial charge in [-0.25, -0.2) is 4.98 Å². The molecular weight excluding hydrogens is 303 g/mol. The Balaban J connectivity index is 0.00000180. The van der Waals surface area contributed by atoms with Gasteiger partial charge < -0.3 is 20.9 Å². The lowest BCUT2D eigenvalue weighted by molar-refractivity contribution is 0.141.